The summed E-state index contributed by atoms with van der Waals surface area (Å²) >= 11 is 0. The highest BCUT2D eigenvalue weighted by Crippen LogP contribution is 2.17. The molecule has 7 heteroatoms. The van der Waals surface area contributed by atoms with Crippen LogP contribution < -0.4 is 4.72 Å². The summed E-state index contributed by atoms with van der Waals surface area (Å²) in [4.78, 5) is 2.16. The molecule has 0 aliphatic carbocycles. The minimum atomic E-state index is -3.54. The van der Waals surface area contributed by atoms with Gasteiger partial charge in [-0.3, -0.25) is 4.68 Å². The first-order valence-electron chi connectivity index (χ1n) is 6.60. The van der Waals surface area contributed by atoms with Crippen molar-refractivity contribution < 1.29 is 8.42 Å². The Morgan fingerprint density at radius 1 is 1.29 bits per heavy atom. The van der Waals surface area contributed by atoms with E-state index in [2.05, 4.69) is 9.82 Å². The van der Waals surface area contributed by atoms with Crippen LogP contribution in [-0.2, 0) is 17.1 Å². The van der Waals surface area contributed by atoms with Crippen LogP contribution in [0.25, 0.3) is 0 Å². The molecular weight excluding hydrogens is 288 g/mol. The van der Waals surface area contributed by atoms with E-state index in [1.165, 1.54) is 17.1 Å². The first-order valence-corrected chi connectivity index (χ1v) is 8.08. The van der Waals surface area contributed by atoms with Crippen LogP contribution in [-0.4, -0.2) is 43.7 Å². The molecule has 2 aromatic rings. The minimum Gasteiger partial charge on any atom is -0.301 e. The predicted molar refractivity (Wildman–Crippen MR) is 81.3 cm³/mol. The standard InChI is InChI=1S/C14H20N4O2S/c1-17(2)14(12-7-5-4-6-8-12)10-16-21(19,20)13-9-15-18(3)11-13/h4-9,11,14,16H,10H2,1-3H3. The molecule has 0 spiro atoms. The van der Waals surface area contributed by atoms with E-state index in [1.807, 2.05) is 49.3 Å². The van der Waals surface area contributed by atoms with Gasteiger partial charge in [-0.15, -0.1) is 0 Å². The maximum absolute atomic E-state index is 12.2. The Hall–Kier alpha value is -1.70. The van der Waals surface area contributed by atoms with Gasteiger partial charge in [0.1, 0.15) is 4.90 Å². The van der Waals surface area contributed by atoms with E-state index < -0.39 is 10.0 Å². The van der Waals surface area contributed by atoms with Crippen LogP contribution in [0.15, 0.2) is 47.6 Å². The van der Waals surface area contributed by atoms with Crippen molar-refractivity contribution in [2.24, 2.45) is 7.05 Å². The molecule has 0 fully saturated rings. The molecule has 6 nitrogen and oxygen atoms in total. The zero-order valence-electron chi connectivity index (χ0n) is 12.4. The van der Waals surface area contributed by atoms with E-state index in [9.17, 15) is 8.42 Å². The molecule has 1 heterocycles. The summed E-state index contributed by atoms with van der Waals surface area (Å²) in [6, 6.07) is 9.78. The Kier molecular flexibility index (Phi) is 4.76. The van der Waals surface area contributed by atoms with Gasteiger partial charge in [0, 0.05) is 25.8 Å². The predicted octanol–water partition coefficient (Wildman–Crippen LogP) is 1.00. The van der Waals surface area contributed by atoms with Crippen molar-refractivity contribution in [1.29, 1.82) is 0 Å². The lowest BCUT2D eigenvalue weighted by Gasteiger charge is -2.24. The zero-order chi connectivity index (χ0) is 15.5. The Labute approximate surface area is 125 Å². The molecule has 2 rings (SSSR count). The molecule has 0 bridgehead atoms. The fourth-order valence-electron chi connectivity index (χ4n) is 2.08. The number of aryl methyl sites for hydroxylation is 1. The van der Waals surface area contributed by atoms with Crippen molar-refractivity contribution in [1.82, 2.24) is 19.4 Å². The quantitative estimate of drug-likeness (QED) is 0.864. The SMILES string of the molecule is CN(C)C(CNS(=O)(=O)c1cnn(C)c1)c1ccccc1. The molecule has 0 saturated carbocycles. The van der Waals surface area contributed by atoms with Crippen molar-refractivity contribution in [2.75, 3.05) is 20.6 Å². The highest BCUT2D eigenvalue weighted by Gasteiger charge is 2.20. The molecule has 0 aliphatic rings. The first kappa shape index (κ1) is 15.7. The highest BCUT2D eigenvalue weighted by atomic mass is 32.2. The van der Waals surface area contributed by atoms with Gasteiger partial charge in [-0.1, -0.05) is 30.3 Å². The molecule has 0 aliphatic heterocycles. The van der Waals surface area contributed by atoms with E-state index >= 15 is 0 Å². The summed E-state index contributed by atoms with van der Waals surface area (Å²) in [5.74, 6) is 0. The van der Waals surface area contributed by atoms with Crippen LogP contribution in [0.5, 0.6) is 0 Å². The van der Waals surface area contributed by atoms with Crippen LogP contribution in [0.3, 0.4) is 0 Å². The van der Waals surface area contributed by atoms with E-state index in [1.54, 1.807) is 7.05 Å². The number of aromatic nitrogens is 2. The molecule has 1 aromatic carbocycles. The lowest BCUT2D eigenvalue weighted by atomic mass is 10.1. The van der Waals surface area contributed by atoms with Crippen LogP contribution >= 0.6 is 0 Å². The van der Waals surface area contributed by atoms with E-state index in [0.29, 0.717) is 6.54 Å². The van der Waals surface area contributed by atoms with Crippen molar-refractivity contribution in [2.45, 2.75) is 10.9 Å². The molecule has 1 atom stereocenters. The number of hydrogen-bond acceptors (Lipinski definition) is 4. The van der Waals surface area contributed by atoms with Gasteiger partial charge in [-0.2, -0.15) is 5.10 Å². The van der Waals surface area contributed by atoms with Gasteiger partial charge in [0.15, 0.2) is 0 Å². The first-order chi connectivity index (χ1) is 9.90. The molecule has 1 aromatic heterocycles. The van der Waals surface area contributed by atoms with Gasteiger partial charge < -0.3 is 4.90 Å². The number of nitrogens with zero attached hydrogens (tertiary/aromatic N) is 3. The molecular formula is C14H20N4O2S. The Morgan fingerprint density at radius 2 is 1.95 bits per heavy atom. The number of nitrogens with one attached hydrogen (secondary N) is 1. The normalized spacial score (nSPS) is 13.5. The number of hydrogen-bond donors (Lipinski definition) is 1. The number of benzene rings is 1. The lowest BCUT2D eigenvalue weighted by molar-refractivity contribution is 0.299. The van der Waals surface area contributed by atoms with Crippen LogP contribution in [0.1, 0.15) is 11.6 Å². The van der Waals surface area contributed by atoms with Gasteiger partial charge >= 0.3 is 0 Å². The second-order valence-corrected chi connectivity index (χ2v) is 6.86. The fraction of sp³-hybridized carbons (Fsp3) is 0.357. The van der Waals surface area contributed by atoms with Crippen LogP contribution in [0.2, 0.25) is 0 Å². The third-order valence-corrected chi connectivity index (χ3v) is 4.64. The Balaban J connectivity index is 2.13. The van der Waals surface area contributed by atoms with E-state index in [4.69, 9.17) is 0 Å². The second kappa shape index (κ2) is 6.38. The molecule has 114 valence electrons. The molecule has 0 amide bonds. The average Bonchev–Trinajstić information content (AvgIpc) is 2.87. The van der Waals surface area contributed by atoms with Crippen molar-refractivity contribution in [3.63, 3.8) is 0 Å². The van der Waals surface area contributed by atoms with Gasteiger partial charge in [0.25, 0.3) is 0 Å². The van der Waals surface area contributed by atoms with Gasteiger partial charge in [0.2, 0.25) is 10.0 Å². The smallest absolute Gasteiger partial charge is 0.243 e. The summed E-state index contributed by atoms with van der Waals surface area (Å²) in [5, 5.41) is 3.89. The monoisotopic (exact) mass is 308 g/mol. The van der Waals surface area contributed by atoms with E-state index in [0.717, 1.165) is 5.56 Å². The number of sulfonamides is 1. The van der Waals surface area contributed by atoms with Gasteiger partial charge in [-0.25, -0.2) is 13.1 Å². The van der Waals surface area contributed by atoms with Crippen LogP contribution in [0, 0.1) is 0 Å². The van der Waals surface area contributed by atoms with Crippen molar-refractivity contribution in [3.8, 4) is 0 Å². The van der Waals surface area contributed by atoms with Crippen molar-refractivity contribution >= 4 is 10.0 Å². The minimum absolute atomic E-state index is 0.0300. The summed E-state index contributed by atoms with van der Waals surface area (Å²) in [7, 11) is 2.00. The molecule has 21 heavy (non-hydrogen) atoms. The molecule has 1 N–H and O–H groups in total. The molecule has 0 saturated heterocycles. The average molecular weight is 308 g/mol. The maximum Gasteiger partial charge on any atom is 0.243 e. The van der Waals surface area contributed by atoms with E-state index in [-0.39, 0.29) is 10.9 Å². The second-order valence-electron chi connectivity index (χ2n) is 5.09. The Morgan fingerprint density at radius 3 is 2.48 bits per heavy atom. The summed E-state index contributed by atoms with van der Waals surface area (Å²) in [6.07, 6.45) is 2.82. The summed E-state index contributed by atoms with van der Waals surface area (Å²) in [5.41, 5.74) is 1.07. The third-order valence-electron chi connectivity index (χ3n) is 3.27. The summed E-state index contributed by atoms with van der Waals surface area (Å²) in [6.45, 7) is 0.300. The number of rotatable bonds is 6. The topological polar surface area (TPSA) is 67.2 Å². The highest BCUT2D eigenvalue weighted by molar-refractivity contribution is 7.89. The lowest BCUT2D eigenvalue weighted by Crippen LogP contribution is -2.34. The van der Waals surface area contributed by atoms with Gasteiger partial charge in [-0.05, 0) is 19.7 Å². The fourth-order valence-corrected chi connectivity index (χ4v) is 3.10. The Bertz CT molecular complexity index is 680. The largest absolute Gasteiger partial charge is 0.301 e. The maximum atomic E-state index is 12.2. The van der Waals surface area contributed by atoms with Crippen molar-refractivity contribution in [3.05, 3.63) is 48.3 Å². The number of likely N-dealkylation sites (N-methyl/N-ethyl adjacent to an activating group) is 1. The van der Waals surface area contributed by atoms with Gasteiger partial charge in [0.05, 0.1) is 6.20 Å². The third kappa shape index (κ3) is 3.90. The molecule has 0 radical (unpaired) electrons. The van der Waals surface area contributed by atoms with Crippen LogP contribution in [0.4, 0.5) is 0 Å². The molecule has 1 unspecified atom stereocenters. The zero-order valence-corrected chi connectivity index (χ0v) is 13.2. The summed E-state index contributed by atoms with van der Waals surface area (Å²) < 4.78 is 28.6.